The summed E-state index contributed by atoms with van der Waals surface area (Å²) in [6.07, 6.45) is 1.42. The summed E-state index contributed by atoms with van der Waals surface area (Å²) in [5.41, 5.74) is 1.35. The van der Waals surface area contributed by atoms with Gasteiger partial charge in [-0.15, -0.1) is 0 Å². The van der Waals surface area contributed by atoms with Crippen molar-refractivity contribution in [2.24, 2.45) is 5.41 Å². The van der Waals surface area contributed by atoms with Crippen molar-refractivity contribution in [1.82, 2.24) is 5.32 Å². The average molecular weight is 277 g/mol. The summed E-state index contributed by atoms with van der Waals surface area (Å²) < 4.78 is 16.8. The zero-order chi connectivity index (χ0) is 14.2. The fourth-order valence-corrected chi connectivity index (χ4v) is 3.14. The lowest BCUT2D eigenvalue weighted by molar-refractivity contribution is -0.0979. The van der Waals surface area contributed by atoms with Crippen LogP contribution in [0.1, 0.15) is 25.8 Å². The Morgan fingerprint density at radius 1 is 1.30 bits per heavy atom. The van der Waals surface area contributed by atoms with Crippen LogP contribution in [0.3, 0.4) is 0 Å². The largest absolute Gasteiger partial charge is 0.486 e. The highest BCUT2D eigenvalue weighted by atomic mass is 16.6. The molecular formula is C16H23NO3. The zero-order valence-corrected chi connectivity index (χ0v) is 12.4. The Morgan fingerprint density at radius 2 is 2.10 bits per heavy atom. The molecule has 1 saturated carbocycles. The van der Waals surface area contributed by atoms with Gasteiger partial charge in [0.1, 0.15) is 13.2 Å². The van der Waals surface area contributed by atoms with E-state index in [2.05, 4.69) is 25.2 Å². The summed E-state index contributed by atoms with van der Waals surface area (Å²) in [5.74, 6) is 1.75. The van der Waals surface area contributed by atoms with Gasteiger partial charge in [0, 0.05) is 30.7 Å². The number of para-hydroxylation sites is 1. The molecule has 1 fully saturated rings. The summed E-state index contributed by atoms with van der Waals surface area (Å²) in [4.78, 5) is 0. The highest BCUT2D eigenvalue weighted by Gasteiger charge is 2.48. The Morgan fingerprint density at radius 3 is 2.85 bits per heavy atom. The Kier molecular flexibility index (Phi) is 3.61. The van der Waals surface area contributed by atoms with Crippen molar-refractivity contribution in [2.45, 2.75) is 39.0 Å². The number of methoxy groups -OCH3 is 1. The van der Waals surface area contributed by atoms with E-state index in [0.29, 0.717) is 25.4 Å². The molecule has 1 N–H and O–H groups in total. The van der Waals surface area contributed by atoms with Gasteiger partial charge in [0.15, 0.2) is 11.5 Å². The Balaban J connectivity index is 1.65. The minimum Gasteiger partial charge on any atom is -0.486 e. The van der Waals surface area contributed by atoms with Gasteiger partial charge in [0.2, 0.25) is 0 Å². The normalized spacial score (nSPS) is 26.9. The molecule has 0 bridgehead atoms. The highest BCUT2D eigenvalue weighted by Crippen LogP contribution is 2.43. The summed E-state index contributed by atoms with van der Waals surface area (Å²) >= 11 is 0. The van der Waals surface area contributed by atoms with Gasteiger partial charge < -0.3 is 19.5 Å². The summed E-state index contributed by atoms with van der Waals surface area (Å²) in [6.45, 7) is 6.57. The van der Waals surface area contributed by atoms with Crippen molar-refractivity contribution < 1.29 is 14.2 Å². The maximum Gasteiger partial charge on any atom is 0.165 e. The molecular weight excluding hydrogens is 254 g/mol. The first-order valence-corrected chi connectivity index (χ1v) is 7.26. The van der Waals surface area contributed by atoms with E-state index < -0.39 is 0 Å². The third-order valence-electron chi connectivity index (χ3n) is 4.65. The van der Waals surface area contributed by atoms with E-state index in [1.165, 1.54) is 5.56 Å². The number of ether oxygens (including phenoxy) is 3. The lowest BCUT2D eigenvalue weighted by Crippen LogP contribution is -2.60. The number of hydrogen-bond acceptors (Lipinski definition) is 4. The third-order valence-corrected chi connectivity index (χ3v) is 4.65. The van der Waals surface area contributed by atoms with Crippen LogP contribution in [-0.4, -0.2) is 32.5 Å². The minimum atomic E-state index is 0.181. The predicted molar refractivity (Wildman–Crippen MR) is 77.3 cm³/mol. The van der Waals surface area contributed by atoms with E-state index in [9.17, 15) is 0 Å². The summed E-state index contributed by atoms with van der Waals surface area (Å²) in [6, 6.07) is 6.56. The first-order chi connectivity index (χ1) is 9.63. The van der Waals surface area contributed by atoms with Crippen LogP contribution in [0.5, 0.6) is 11.5 Å². The van der Waals surface area contributed by atoms with E-state index in [1.807, 2.05) is 12.1 Å². The van der Waals surface area contributed by atoms with E-state index in [1.54, 1.807) is 7.11 Å². The van der Waals surface area contributed by atoms with Crippen molar-refractivity contribution in [3.8, 4) is 11.5 Å². The van der Waals surface area contributed by atoms with Crippen LogP contribution in [0.15, 0.2) is 18.2 Å². The number of benzene rings is 1. The highest BCUT2D eigenvalue weighted by molar-refractivity contribution is 5.47. The van der Waals surface area contributed by atoms with Crippen LogP contribution in [-0.2, 0) is 11.3 Å². The molecule has 1 aliphatic carbocycles. The Bertz CT molecular complexity index is 487. The standard InChI is InChI=1S/C16H23NO3/c1-16(2)13(9-14(16)18-3)17-10-11-5-4-6-12-15(11)20-8-7-19-12/h4-6,13-14,17H,7-10H2,1-3H3. The van der Waals surface area contributed by atoms with Crippen LogP contribution in [0.2, 0.25) is 0 Å². The van der Waals surface area contributed by atoms with Crippen LogP contribution in [0.4, 0.5) is 0 Å². The van der Waals surface area contributed by atoms with Gasteiger partial charge in [-0.3, -0.25) is 0 Å². The maximum atomic E-state index is 5.74. The molecule has 1 aromatic rings. The molecule has 1 heterocycles. The minimum absolute atomic E-state index is 0.181. The van der Waals surface area contributed by atoms with Gasteiger partial charge in [-0.05, 0) is 12.5 Å². The summed E-state index contributed by atoms with van der Waals surface area (Å²) in [7, 11) is 1.79. The molecule has 1 aliphatic heterocycles. The fourth-order valence-electron chi connectivity index (χ4n) is 3.14. The molecule has 4 nitrogen and oxygen atoms in total. The second kappa shape index (κ2) is 5.26. The van der Waals surface area contributed by atoms with Gasteiger partial charge in [0.25, 0.3) is 0 Å². The molecule has 0 aromatic heterocycles. The quantitative estimate of drug-likeness (QED) is 0.917. The molecule has 1 aromatic carbocycles. The predicted octanol–water partition coefficient (Wildman–Crippen LogP) is 2.36. The lowest BCUT2D eigenvalue weighted by atomic mass is 9.64. The van der Waals surface area contributed by atoms with Crippen LogP contribution >= 0.6 is 0 Å². The second-order valence-corrected chi connectivity index (χ2v) is 6.16. The molecule has 4 heteroatoms. The first kappa shape index (κ1) is 13.7. The smallest absolute Gasteiger partial charge is 0.165 e. The van der Waals surface area contributed by atoms with Crippen molar-refractivity contribution in [3.05, 3.63) is 23.8 Å². The molecule has 0 saturated heterocycles. The fraction of sp³-hybridized carbons (Fsp3) is 0.625. The van der Waals surface area contributed by atoms with Gasteiger partial charge >= 0.3 is 0 Å². The molecule has 0 radical (unpaired) electrons. The number of nitrogens with one attached hydrogen (secondary N) is 1. The van der Waals surface area contributed by atoms with Gasteiger partial charge in [-0.2, -0.15) is 0 Å². The topological polar surface area (TPSA) is 39.7 Å². The number of hydrogen-bond donors (Lipinski definition) is 1. The second-order valence-electron chi connectivity index (χ2n) is 6.16. The monoisotopic (exact) mass is 277 g/mol. The van der Waals surface area contributed by atoms with Crippen LogP contribution in [0, 0.1) is 5.41 Å². The molecule has 2 atom stereocenters. The van der Waals surface area contributed by atoms with Gasteiger partial charge in [-0.1, -0.05) is 26.0 Å². The van der Waals surface area contributed by atoms with E-state index in [0.717, 1.165) is 24.5 Å². The van der Waals surface area contributed by atoms with Crippen LogP contribution in [0.25, 0.3) is 0 Å². The molecule has 0 amide bonds. The first-order valence-electron chi connectivity index (χ1n) is 7.26. The summed E-state index contributed by atoms with van der Waals surface area (Å²) in [5, 5.41) is 3.62. The lowest BCUT2D eigenvalue weighted by Gasteiger charge is -2.51. The molecule has 3 rings (SSSR count). The third kappa shape index (κ3) is 2.27. The van der Waals surface area contributed by atoms with Crippen molar-refractivity contribution in [3.63, 3.8) is 0 Å². The molecule has 2 aliphatic rings. The Hall–Kier alpha value is -1.26. The van der Waals surface area contributed by atoms with E-state index in [-0.39, 0.29) is 5.41 Å². The maximum absolute atomic E-state index is 5.74. The number of rotatable bonds is 4. The SMILES string of the molecule is COC1CC(NCc2cccc3c2OCCO3)C1(C)C. The zero-order valence-electron chi connectivity index (χ0n) is 12.4. The van der Waals surface area contributed by atoms with Crippen molar-refractivity contribution in [1.29, 1.82) is 0 Å². The van der Waals surface area contributed by atoms with E-state index in [4.69, 9.17) is 14.2 Å². The average Bonchev–Trinajstić information content (AvgIpc) is 2.46. The van der Waals surface area contributed by atoms with Gasteiger partial charge in [-0.25, -0.2) is 0 Å². The Labute approximate surface area is 120 Å². The van der Waals surface area contributed by atoms with Crippen molar-refractivity contribution >= 4 is 0 Å². The molecule has 110 valence electrons. The molecule has 2 unspecified atom stereocenters. The molecule has 20 heavy (non-hydrogen) atoms. The van der Waals surface area contributed by atoms with Crippen molar-refractivity contribution in [2.75, 3.05) is 20.3 Å². The van der Waals surface area contributed by atoms with Crippen LogP contribution < -0.4 is 14.8 Å². The van der Waals surface area contributed by atoms with E-state index >= 15 is 0 Å². The number of fused-ring (bicyclic) bond motifs is 1. The molecule has 0 spiro atoms. The van der Waals surface area contributed by atoms with Gasteiger partial charge in [0.05, 0.1) is 6.10 Å².